The topological polar surface area (TPSA) is 95.9 Å². The van der Waals surface area contributed by atoms with Gasteiger partial charge in [-0.05, 0) is 35.9 Å². The zero-order valence-electron chi connectivity index (χ0n) is 15.0. The lowest BCUT2D eigenvalue weighted by Gasteiger charge is -2.10. The van der Waals surface area contributed by atoms with E-state index in [0.717, 1.165) is 22.2 Å². The number of para-hydroxylation sites is 1. The minimum Gasteiger partial charge on any atom is -0.484 e. The normalized spacial score (nSPS) is 14.9. The molecule has 0 bridgehead atoms. The van der Waals surface area contributed by atoms with E-state index in [2.05, 4.69) is 5.32 Å². The summed E-state index contributed by atoms with van der Waals surface area (Å²) in [5.41, 5.74) is 1.42. The van der Waals surface area contributed by atoms with E-state index < -0.39 is 18.4 Å². The molecule has 2 amide bonds. The molecular formula is C20H16N2O5S2. The number of hydrogen-bond acceptors (Lipinski definition) is 6. The molecule has 1 aliphatic heterocycles. The molecule has 2 aromatic carbocycles. The fourth-order valence-electron chi connectivity index (χ4n) is 2.45. The number of nitrogens with zero attached hydrogens (tertiary/aromatic N) is 1. The molecule has 7 nitrogen and oxygen atoms in total. The maximum Gasteiger partial charge on any atom is 0.323 e. The van der Waals surface area contributed by atoms with Gasteiger partial charge in [-0.3, -0.25) is 19.3 Å². The predicted octanol–water partition coefficient (Wildman–Crippen LogP) is 2.99. The van der Waals surface area contributed by atoms with Crippen molar-refractivity contribution in [3.8, 4) is 5.75 Å². The Kier molecular flexibility index (Phi) is 6.63. The summed E-state index contributed by atoms with van der Waals surface area (Å²) in [6.45, 7) is -0.595. The summed E-state index contributed by atoms with van der Waals surface area (Å²) in [6.07, 6.45) is 1.63. The average molecular weight is 428 g/mol. The van der Waals surface area contributed by atoms with Crippen molar-refractivity contribution < 1.29 is 24.2 Å². The van der Waals surface area contributed by atoms with Gasteiger partial charge >= 0.3 is 5.97 Å². The quantitative estimate of drug-likeness (QED) is 0.517. The number of thiocarbonyl (C=S) groups is 1. The van der Waals surface area contributed by atoms with Crippen LogP contribution in [0.4, 0.5) is 5.69 Å². The van der Waals surface area contributed by atoms with E-state index in [4.69, 9.17) is 22.1 Å². The smallest absolute Gasteiger partial charge is 0.323 e. The first-order valence-corrected chi connectivity index (χ1v) is 9.70. The molecule has 29 heavy (non-hydrogen) atoms. The molecule has 0 radical (unpaired) electrons. The zero-order valence-corrected chi connectivity index (χ0v) is 16.7. The van der Waals surface area contributed by atoms with Gasteiger partial charge in [0.25, 0.3) is 11.8 Å². The van der Waals surface area contributed by atoms with Gasteiger partial charge in [0, 0.05) is 5.69 Å². The van der Waals surface area contributed by atoms with Crippen molar-refractivity contribution in [1.82, 2.24) is 4.90 Å². The highest BCUT2D eigenvalue weighted by molar-refractivity contribution is 8.26. The maximum absolute atomic E-state index is 12.3. The Bertz CT molecular complexity index is 974. The third kappa shape index (κ3) is 5.66. The van der Waals surface area contributed by atoms with E-state index in [1.807, 2.05) is 18.2 Å². The number of carboxylic acids is 1. The molecule has 1 fully saturated rings. The van der Waals surface area contributed by atoms with Crippen molar-refractivity contribution in [3.63, 3.8) is 0 Å². The molecule has 0 atom stereocenters. The second-order valence-corrected chi connectivity index (χ2v) is 7.61. The van der Waals surface area contributed by atoms with Gasteiger partial charge in [-0.15, -0.1) is 0 Å². The second-order valence-electron chi connectivity index (χ2n) is 5.93. The number of amides is 2. The molecule has 1 heterocycles. The van der Waals surface area contributed by atoms with E-state index in [0.29, 0.717) is 16.3 Å². The Hall–Kier alpha value is -3.17. The molecule has 0 aliphatic carbocycles. The van der Waals surface area contributed by atoms with Crippen molar-refractivity contribution in [3.05, 3.63) is 65.1 Å². The molecule has 0 spiro atoms. The molecule has 9 heteroatoms. The fourth-order valence-corrected chi connectivity index (χ4v) is 3.71. The summed E-state index contributed by atoms with van der Waals surface area (Å²) < 4.78 is 5.68. The van der Waals surface area contributed by atoms with E-state index in [1.165, 1.54) is 0 Å². The molecule has 2 N–H and O–H groups in total. The van der Waals surface area contributed by atoms with Crippen LogP contribution in [0.1, 0.15) is 5.56 Å². The SMILES string of the molecule is O=C(O)CN1C(=O)C(=Cc2ccc(OCC(=O)Nc3ccccc3)cc2)SC1=S. The molecule has 1 saturated heterocycles. The first kappa shape index (κ1) is 20.6. The van der Waals surface area contributed by atoms with Gasteiger partial charge < -0.3 is 15.2 Å². The number of carbonyl (C=O) groups is 3. The Labute approximate surface area is 176 Å². The van der Waals surface area contributed by atoms with Gasteiger partial charge in [0.2, 0.25) is 0 Å². The lowest BCUT2D eigenvalue weighted by atomic mass is 10.2. The van der Waals surface area contributed by atoms with Gasteiger partial charge in [0.1, 0.15) is 16.6 Å². The molecular weight excluding hydrogens is 412 g/mol. The monoisotopic (exact) mass is 428 g/mol. The van der Waals surface area contributed by atoms with Gasteiger partial charge in [-0.25, -0.2) is 0 Å². The minimum atomic E-state index is -1.12. The number of nitrogens with one attached hydrogen (secondary N) is 1. The Morgan fingerprint density at radius 1 is 1.14 bits per heavy atom. The number of thioether (sulfide) groups is 1. The fraction of sp³-hybridized carbons (Fsp3) is 0.100. The molecule has 2 aromatic rings. The number of ether oxygens (including phenoxy) is 1. The number of aliphatic carboxylic acids is 1. The standard InChI is InChI=1S/C20H16N2O5S2/c23-17(21-14-4-2-1-3-5-14)12-27-15-8-6-13(7-9-15)10-16-19(26)22(11-18(24)25)20(28)29-16/h1-10H,11-12H2,(H,21,23)(H,24,25). The van der Waals surface area contributed by atoms with E-state index in [-0.39, 0.29) is 16.8 Å². The number of hydrogen-bond donors (Lipinski definition) is 2. The molecule has 0 unspecified atom stereocenters. The van der Waals surface area contributed by atoms with Crippen LogP contribution >= 0.6 is 24.0 Å². The molecule has 0 saturated carbocycles. The molecule has 3 rings (SSSR count). The first-order chi connectivity index (χ1) is 13.9. The third-order valence-electron chi connectivity index (χ3n) is 3.77. The lowest BCUT2D eigenvalue weighted by molar-refractivity contribution is -0.140. The van der Waals surface area contributed by atoms with Crippen LogP contribution in [0.25, 0.3) is 6.08 Å². The Morgan fingerprint density at radius 3 is 2.48 bits per heavy atom. The van der Waals surface area contributed by atoms with Crippen molar-refractivity contribution in [1.29, 1.82) is 0 Å². The number of rotatable bonds is 7. The number of anilines is 1. The number of carbonyl (C=O) groups excluding carboxylic acids is 2. The highest BCUT2D eigenvalue weighted by Crippen LogP contribution is 2.32. The maximum atomic E-state index is 12.3. The van der Waals surface area contributed by atoms with Crippen LogP contribution in [-0.2, 0) is 14.4 Å². The second kappa shape index (κ2) is 9.35. The van der Waals surface area contributed by atoms with Crippen LogP contribution in [0.2, 0.25) is 0 Å². The average Bonchev–Trinajstić information content (AvgIpc) is 2.95. The van der Waals surface area contributed by atoms with Crippen molar-refractivity contribution >= 4 is 57.8 Å². The van der Waals surface area contributed by atoms with Crippen LogP contribution in [0.5, 0.6) is 5.75 Å². The molecule has 0 aromatic heterocycles. The largest absolute Gasteiger partial charge is 0.484 e. The summed E-state index contributed by atoms with van der Waals surface area (Å²) in [5.74, 6) is -1.33. The van der Waals surface area contributed by atoms with Gasteiger partial charge in [0.15, 0.2) is 6.61 Å². The summed E-state index contributed by atoms with van der Waals surface area (Å²) in [7, 11) is 0. The zero-order chi connectivity index (χ0) is 20.8. The van der Waals surface area contributed by atoms with E-state index in [1.54, 1.807) is 42.5 Å². The summed E-state index contributed by atoms with van der Waals surface area (Å²) in [5, 5.41) is 11.6. The number of carboxylic acid groups (broad SMARTS) is 1. The lowest BCUT2D eigenvalue weighted by Crippen LogP contribution is -2.33. The van der Waals surface area contributed by atoms with Gasteiger partial charge in [-0.1, -0.05) is 54.3 Å². The van der Waals surface area contributed by atoms with Crippen LogP contribution in [0.3, 0.4) is 0 Å². The Morgan fingerprint density at radius 2 is 1.83 bits per heavy atom. The van der Waals surface area contributed by atoms with E-state index >= 15 is 0 Å². The molecule has 1 aliphatic rings. The highest BCUT2D eigenvalue weighted by Gasteiger charge is 2.33. The van der Waals surface area contributed by atoms with Crippen LogP contribution in [-0.4, -0.2) is 45.3 Å². The van der Waals surface area contributed by atoms with Gasteiger partial charge in [-0.2, -0.15) is 0 Å². The summed E-state index contributed by atoms with van der Waals surface area (Å²) in [4.78, 5) is 36.4. The third-order valence-corrected chi connectivity index (χ3v) is 5.15. The predicted molar refractivity (Wildman–Crippen MR) is 115 cm³/mol. The number of benzene rings is 2. The highest BCUT2D eigenvalue weighted by atomic mass is 32.2. The van der Waals surface area contributed by atoms with Crippen molar-refractivity contribution in [2.24, 2.45) is 0 Å². The summed E-state index contributed by atoms with van der Waals surface area (Å²) >= 11 is 6.12. The van der Waals surface area contributed by atoms with E-state index in [9.17, 15) is 14.4 Å². The van der Waals surface area contributed by atoms with Crippen LogP contribution in [0.15, 0.2) is 59.5 Å². The minimum absolute atomic E-state index is 0.137. The van der Waals surface area contributed by atoms with Crippen molar-refractivity contribution in [2.75, 3.05) is 18.5 Å². The first-order valence-electron chi connectivity index (χ1n) is 8.47. The van der Waals surface area contributed by atoms with Crippen molar-refractivity contribution in [2.45, 2.75) is 0 Å². The van der Waals surface area contributed by atoms with Crippen LogP contribution < -0.4 is 10.1 Å². The van der Waals surface area contributed by atoms with Gasteiger partial charge in [0.05, 0.1) is 4.91 Å². The summed E-state index contributed by atoms with van der Waals surface area (Å²) in [6, 6.07) is 15.9. The Balaban J connectivity index is 1.57. The molecule has 148 valence electrons. The van der Waals surface area contributed by atoms with Crippen LogP contribution in [0, 0.1) is 0 Å².